The zero-order valence-electron chi connectivity index (χ0n) is 15.8. The maximum absolute atomic E-state index is 11.8. The molecule has 0 unspecified atom stereocenters. The first kappa shape index (κ1) is 20.7. The molecule has 2 aromatic carbocycles. The van der Waals surface area contributed by atoms with Gasteiger partial charge in [0.05, 0.1) is 10.7 Å². The van der Waals surface area contributed by atoms with E-state index in [9.17, 15) is 9.90 Å². The molecule has 0 aliphatic carbocycles. The van der Waals surface area contributed by atoms with Crippen LogP contribution in [0.15, 0.2) is 72.6 Å². The van der Waals surface area contributed by atoms with Crippen molar-refractivity contribution in [2.75, 3.05) is 7.11 Å². The number of benzene rings is 2. The molecule has 0 bridgehead atoms. The van der Waals surface area contributed by atoms with E-state index in [2.05, 4.69) is 27.6 Å². The molecule has 1 heterocycles. The fraction of sp³-hybridized carbons (Fsp3) is 0.0909. The molecule has 3 aromatic rings. The fourth-order valence-corrected chi connectivity index (χ4v) is 3.06. The van der Waals surface area contributed by atoms with Crippen LogP contribution < -0.4 is 9.47 Å². The van der Waals surface area contributed by atoms with E-state index in [1.54, 1.807) is 61.7 Å². The maximum Gasteiger partial charge on any atom is 0.339 e. The van der Waals surface area contributed by atoms with Crippen molar-refractivity contribution in [3.05, 3.63) is 81.8 Å². The molecular formula is C22H18INO5. The number of allylic oxidation sites excluding steroid dienone is 1. The molecule has 0 amide bonds. The molecule has 0 atom stereocenters. The van der Waals surface area contributed by atoms with E-state index in [-0.39, 0.29) is 11.3 Å². The lowest BCUT2D eigenvalue weighted by Crippen LogP contribution is -2.05. The molecule has 0 aliphatic rings. The molecule has 1 N–H and O–H groups in total. The second-order valence-corrected chi connectivity index (χ2v) is 7.07. The number of aliphatic carboxylic acids is 1. The van der Waals surface area contributed by atoms with Crippen LogP contribution in [-0.4, -0.2) is 23.2 Å². The van der Waals surface area contributed by atoms with E-state index >= 15 is 0 Å². The van der Waals surface area contributed by atoms with Gasteiger partial charge in [-0.15, -0.1) is 0 Å². The van der Waals surface area contributed by atoms with Gasteiger partial charge in [-0.05, 0) is 59.8 Å². The number of halogens is 1. The second-order valence-electron chi connectivity index (χ2n) is 5.91. The quantitative estimate of drug-likeness (QED) is 0.252. The molecule has 0 fully saturated rings. The third kappa shape index (κ3) is 5.05. The van der Waals surface area contributed by atoms with Crippen LogP contribution in [0.4, 0.5) is 0 Å². The van der Waals surface area contributed by atoms with Crippen molar-refractivity contribution in [3.8, 4) is 23.1 Å². The van der Waals surface area contributed by atoms with Crippen LogP contribution in [0, 0.1) is 3.57 Å². The number of carbonyl (C=O) groups is 1. The molecule has 148 valence electrons. The van der Waals surface area contributed by atoms with Crippen LogP contribution in [0.2, 0.25) is 0 Å². The average molecular weight is 503 g/mol. The first-order valence-electron chi connectivity index (χ1n) is 8.63. The Labute approximate surface area is 181 Å². The summed E-state index contributed by atoms with van der Waals surface area (Å²) in [5, 5.41) is 9.63. The Balaban J connectivity index is 1.92. The lowest BCUT2D eigenvalue weighted by molar-refractivity contribution is -0.130. The van der Waals surface area contributed by atoms with Crippen molar-refractivity contribution in [2.24, 2.45) is 0 Å². The van der Waals surface area contributed by atoms with Crippen molar-refractivity contribution in [1.82, 2.24) is 4.98 Å². The van der Waals surface area contributed by atoms with Crippen molar-refractivity contribution in [2.45, 2.75) is 6.92 Å². The number of pyridine rings is 1. The largest absolute Gasteiger partial charge is 0.500 e. The van der Waals surface area contributed by atoms with Crippen molar-refractivity contribution in [1.29, 1.82) is 0 Å². The van der Waals surface area contributed by atoms with E-state index in [4.69, 9.17) is 14.2 Å². The standard InChI is InChI=1S/C22H18INO5/c1-14(27-2)20(22(25)26)17-9-3-4-11-19(17)28-15-7-5-8-16(13-15)29-21-18(23)10-6-12-24-21/h3-13H,1-2H3,(H,25,26). The Morgan fingerprint density at radius 1 is 1.00 bits per heavy atom. The minimum Gasteiger partial charge on any atom is -0.500 e. The van der Waals surface area contributed by atoms with E-state index < -0.39 is 5.97 Å². The minimum atomic E-state index is -1.10. The van der Waals surface area contributed by atoms with Gasteiger partial charge in [-0.25, -0.2) is 9.78 Å². The number of nitrogens with zero attached hydrogens (tertiary/aromatic N) is 1. The number of para-hydroxylation sites is 1. The van der Waals surface area contributed by atoms with Crippen LogP contribution in [-0.2, 0) is 9.53 Å². The van der Waals surface area contributed by atoms with Crippen molar-refractivity contribution >= 4 is 34.1 Å². The van der Waals surface area contributed by atoms with Crippen molar-refractivity contribution in [3.63, 3.8) is 0 Å². The number of hydrogen-bond acceptors (Lipinski definition) is 5. The predicted molar refractivity (Wildman–Crippen MR) is 117 cm³/mol. The highest BCUT2D eigenvalue weighted by atomic mass is 127. The summed E-state index contributed by atoms with van der Waals surface area (Å²) in [5.74, 6) is 1.14. The Morgan fingerprint density at radius 3 is 2.41 bits per heavy atom. The molecule has 6 nitrogen and oxygen atoms in total. The third-order valence-corrected chi connectivity index (χ3v) is 4.82. The second kappa shape index (κ2) is 9.42. The highest BCUT2D eigenvalue weighted by Crippen LogP contribution is 2.34. The summed E-state index contributed by atoms with van der Waals surface area (Å²) < 4.78 is 17.9. The van der Waals surface area contributed by atoms with Gasteiger partial charge in [-0.2, -0.15) is 0 Å². The first-order valence-corrected chi connectivity index (χ1v) is 9.71. The normalized spacial score (nSPS) is 11.4. The molecule has 0 spiro atoms. The van der Waals surface area contributed by atoms with Gasteiger partial charge in [0, 0.05) is 17.8 Å². The summed E-state index contributed by atoms with van der Waals surface area (Å²) in [6.07, 6.45) is 1.66. The lowest BCUT2D eigenvalue weighted by Gasteiger charge is -2.14. The number of carboxylic acids is 1. The molecule has 1 aromatic heterocycles. The molecule has 0 saturated carbocycles. The van der Waals surface area contributed by atoms with E-state index in [1.807, 2.05) is 12.1 Å². The smallest absolute Gasteiger partial charge is 0.339 e. The molecule has 0 aliphatic heterocycles. The summed E-state index contributed by atoms with van der Waals surface area (Å²) in [6.45, 7) is 1.60. The molecule has 7 heteroatoms. The number of hydrogen-bond donors (Lipinski definition) is 1. The predicted octanol–water partition coefficient (Wildman–Crippen LogP) is 5.73. The molecule has 3 rings (SSSR count). The lowest BCUT2D eigenvalue weighted by atomic mass is 10.0. The zero-order valence-corrected chi connectivity index (χ0v) is 17.9. The fourth-order valence-electron chi connectivity index (χ4n) is 2.61. The number of aromatic nitrogens is 1. The SMILES string of the molecule is COC(C)=C(C(=O)O)c1ccccc1Oc1cccc(Oc2ncccc2I)c1. The van der Waals surface area contributed by atoms with E-state index in [1.165, 1.54) is 7.11 Å². The first-order chi connectivity index (χ1) is 14.0. The van der Waals surface area contributed by atoms with Gasteiger partial charge in [0.15, 0.2) is 0 Å². The van der Waals surface area contributed by atoms with Gasteiger partial charge in [-0.3, -0.25) is 0 Å². The Morgan fingerprint density at radius 2 is 1.72 bits per heavy atom. The Bertz CT molecular complexity index is 1060. The van der Waals surface area contributed by atoms with E-state index in [0.29, 0.717) is 28.7 Å². The van der Waals surface area contributed by atoms with Crippen LogP contribution in [0.5, 0.6) is 23.1 Å². The van der Waals surface area contributed by atoms with Gasteiger partial charge in [0.1, 0.15) is 28.6 Å². The number of carboxylic acid groups (broad SMARTS) is 1. The summed E-state index contributed by atoms with van der Waals surface area (Å²) >= 11 is 2.15. The zero-order chi connectivity index (χ0) is 20.8. The van der Waals surface area contributed by atoms with Gasteiger partial charge >= 0.3 is 5.97 Å². The van der Waals surface area contributed by atoms with E-state index in [0.717, 1.165) is 3.57 Å². The Kier molecular flexibility index (Phi) is 6.71. The van der Waals surface area contributed by atoms with Gasteiger partial charge in [0.2, 0.25) is 5.88 Å². The highest BCUT2D eigenvalue weighted by Gasteiger charge is 2.19. The minimum absolute atomic E-state index is 0.0403. The summed E-state index contributed by atoms with van der Waals surface area (Å²) in [6, 6.07) is 17.7. The topological polar surface area (TPSA) is 77.9 Å². The summed E-state index contributed by atoms with van der Waals surface area (Å²) in [4.78, 5) is 16.0. The van der Waals surface area contributed by atoms with Gasteiger partial charge in [-0.1, -0.05) is 24.3 Å². The number of rotatable bonds is 7. The highest BCUT2D eigenvalue weighted by molar-refractivity contribution is 14.1. The van der Waals surface area contributed by atoms with Crippen LogP contribution in [0.1, 0.15) is 12.5 Å². The average Bonchev–Trinajstić information content (AvgIpc) is 2.71. The number of methoxy groups -OCH3 is 1. The molecule has 0 radical (unpaired) electrons. The maximum atomic E-state index is 11.8. The monoisotopic (exact) mass is 503 g/mol. The summed E-state index contributed by atoms with van der Waals surface area (Å²) in [5.41, 5.74) is 0.462. The third-order valence-electron chi connectivity index (χ3n) is 4.00. The number of ether oxygens (including phenoxy) is 3. The van der Waals surface area contributed by atoms with Crippen molar-refractivity contribution < 1.29 is 24.1 Å². The molecule has 29 heavy (non-hydrogen) atoms. The molecular weight excluding hydrogens is 485 g/mol. The van der Waals surface area contributed by atoms with Crippen LogP contribution in [0.25, 0.3) is 5.57 Å². The van der Waals surface area contributed by atoms with Crippen LogP contribution in [0.3, 0.4) is 0 Å². The summed E-state index contributed by atoms with van der Waals surface area (Å²) in [7, 11) is 1.43. The van der Waals surface area contributed by atoms with Crippen LogP contribution >= 0.6 is 22.6 Å². The Hall–Kier alpha value is -3.07. The van der Waals surface area contributed by atoms with Gasteiger partial charge < -0.3 is 19.3 Å². The van der Waals surface area contributed by atoms with Gasteiger partial charge in [0.25, 0.3) is 0 Å². The molecule has 0 saturated heterocycles.